The Morgan fingerprint density at radius 2 is 2.00 bits per heavy atom. The SMILES string of the molecule is COc1ccc2c(c1)nc(N)n2-c1ccc(C)c(Br)c1. The fraction of sp³-hybridized carbons (Fsp3) is 0.133. The van der Waals surface area contributed by atoms with Crippen LogP contribution in [0.5, 0.6) is 5.75 Å². The van der Waals surface area contributed by atoms with E-state index >= 15 is 0 Å². The molecule has 102 valence electrons. The number of benzene rings is 2. The largest absolute Gasteiger partial charge is 0.497 e. The van der Waals surface area contributed by atoms with Gasteiger partial charge < -0.3 is 10.5 Å². The number of rotatable bonds is 2. The molecule has 0 aliphatic rings. The minimum atomic E-state index is 0.462. The smallest absolute Gasteiger partial charge is 0.205 e. The number of halogens is 1. The molecular formula is C15H14BrN3O. The molecule has 0 atom stereocenters. The lowest BCUT2D eigenvalue weighted by Crippen LogP contribution is -2.00. The number of nitrogen functional groups attached to an aromatic ring is 1. The number of anilines is 1. The average Bonchev–Trinajstić information content (AvgIpc) is 2.76. The first kappa shape index (κ1) is 13.0. The van der Waals surface area contributed by atoms with Crippen LogP contribution in [0.4, 0.5) is 5.95 Å². The number of aromatic nitrogens is 2. The first-order chi connectivity index (χ1) is 9.60. The summed E-state index contributed by atoms with van der Waals surface area (Å²) in [6.45, 7) is 2.05. The monoisotopic (exact) mass is 331 g/mol. The summed E-state index contributed by atoms with van der Waals surface area (Å²) in [6, 6.07) is 11.9. The molecule has 5 heteroatoms. The average molecular weight is 332 g/mol. The second-order valence-corrected chi connectivity index (χ2v) is 5.45. The predicted octanol–water partition coefficient (Wildman–Crippen LogP) is 3.69. The van der Waals surface area contributed by atoms with Gasteiger partial charge in [-0.05, 0) is 36.8 Å². The first-order valence-corrected chi connectivity index (χ1v) is 6.98. The minimum Gasteiger partial charge on any atom is -0.497 e. The van der Waals surface area contributed by atoms with Crippen LogP contribution in [0.2, 0.25) is 0 Å². The summed E-state index contributed by atoms with van der Waals surface area (Å²) in [5.41, 5.74) is 9.99. The molecular weight excluding hydrogens is 318 g/mol. The summed E-state index contributed by atoms with van der Waals surface area (Å²) in [5, 5.41) is 0. The Morgan fingerprint density at radius 3 is 2.70 bits per heavy atom. The van der Waals surface area contributed by atoms with Gasteiger partial charge in [0.2, 0.25) is 5.95 Å². The van der Waals surface area contributed by atoms with Crippen LogP contribution in [-0.2, 0) is 0 Å². The minimum absolute atomic E-state index is 0.462. The second kappa shape index (κ2) is 4.83. The molecule has 0 saturated carbocycles. The maximum Gasteiger partial charge on any atom is 0.205 e. The zero-order chi connectivity index (χ0) is 14.3. The first-order valence-electron chi connectivity index (χ1n) is 6.18. The Balaban J connectivity index is 2.24. The summed E-state index contributed by atoms with van der Waals surface area (Å²) >= 11 is 3.55. The van der Waals surface area contributed by atoms with Gasteiger partial charge in [-0.1, -0.05) is 22.0 Å². The standard InChI is InChI=1S/C15H14BrN3O/c1-9-3-4-10(7-12(9)16)19-14-6-5-11(20-2)8-13(14)18-15(19)17/h3-8H,1-2H3,(H2,17,18). The van der Waals surface area contributed by atoms with Crippen LogP contribution in [0.3, 0.4) is 0 Å². The van der Waals surface area contributed by atoms with E-state index in [0.29, 0.717) is 5.95 Å². The van der Waals surface area contributed by atoms with Crippen molar-refractivity contribution in [3.8, 4) is 11.4 Å². The van der Waals surface area contributed by atoms with Crippen molar-refractivity contribution in [1.29, 1.82) is 0 Å². The molecule has 2 aromatic carbocycles. The molecule has 0 fully saturated rings. The molecule has 0 radical (unpaired) electrons. The predicted molar refractivity (Wildman–Crippen MR) is 84.5 cm³/mol. The van der Waals surface area contributed by atoms with Crippen molar-refractivity contribution in [2.45, 2.75) is 6.92 Å². The van der Waals surface area contributed by atoms with Crippen molar-refractivity contribution in [2.24, 2.45) is 0 Å². The topological polar surface area (TPSA) is 53.1 Å². The normalized spacial score (nSPS) is 10.9. The summed E-state index contributed by atoms with van der Waals surface area (Å²) in [5.74, 6) is 1.23. The third kappa shape index (κ3) is 2.04. The number of ether oxygens (including phenoxy) is 1. The highest BCUT2D eigenvalue weighted by Gasteiger charge is 2.11. The summed E-state index contributed by atoms with van der Waals surface area (Å²) in [4.78, 5) is 4.40. The van der Waals surface area contributed by atoms with Crippen molar-refractivity contribution in [3.05, 3.63) is 46.4 Å². The molecule has 0 aliphatic heterocycles. The van der Waals surface area contributed by atoms with E-state index in [-0.39, 0.29) is 0 Å². The van der Waals surface area contributed by atoms with Gasteiger partial charge >= 0.3 is 0 Å². The van der Waals surface area contributed by atoms with Crippen LogP contribution >= 0.6 is 15.9 Å². The van der Waals surface area contributed by atoms with E-state index in [2.05, 4.69) is 20.9 Å². The van der Waals surface area contributed by atoms with E-state index in [4.69, 9.17) is 10.5 Å². The van der Waals surface area contributed by atoms with Crippen LogP contribution < -0.4 is 10.5 Å². The lowest BCUT2D eigenvalue weighted by atomic mass is 10.2. The van der Waals surface area contributed by atoms with Gasteiger partial charge in [0.15, 0.2) is 0 Å². The lowest BCUT2D eigenvalue weighted by molar-refractivity contribution is 0.415. The molecule has 0 spiro atoms. The van der Waals surface area contributed by atoms with Crippen LogP contribution in [0.1, 0.15) is 5.56 Å². The third-order valence-corrected chi connectivity index (χ3v) is 4.16. The Morgan fingerprint density at radius 1 is 1.20 bits per heavy atom. The molecule has 1 aromatic heterocycles. The molecule has 0 amide bonds. The Hall–Kier alpha value is -2.01. The third-order valence-electron chi connectivity index (χ3n) is 3.30. The van der Waals surface area contributed by atoms with Crippen molar-refractivity contribution < 1.29 is 4.74 Å². The number of hydrogen-bond donors (Lipinski definition) is 1. The fourth-order valence-electron chi connectivity index (χ4n) is 2.20. The lowest BCUT2D eigenvalue weighted by Gasteiger charge is -2.08. The number of fused-ring (bicyclic) bond motifs is 1. The van der Waals surface area contributed by atoms with Crippen LogP contribution in [0.25, 0.3) is 16.7 Å². The van der Waals surface area contributed by atoms with Gasteiger partial charge in [0.25, 0.3) is 0 Å². The van der Waals surface area contributed by atoms with Gasteiger partial charge in [-0.2, -0.15) is 0 Å². The Labute approximate surface area is 125 Å². The van der Waals surface area contributed by atoms with E-state index in [1.165, 1.54) is 5.56 Å². The number of nitrogens with zero attached hydrogens (tertiary/aromatic N) is 2. The van der Waals surface area contributed by atoms with E-state index in [0.717, 1.165) is 26.9 Å². The second-order valence-electron chi connectivity index (χ2n) is 4.59. The summed E-state index contributed by atoms with van der Waals surface area (Å²) in [6.07, 6.45) is 0. The highest BCUT2D eigenvalue weighted by atomic mass is 79.9. The van der Waals surface area contributed by atoms with E-state index in [9.17, 15) is 0 Å². The highest BCUT2D eigenvalue weighted by molar-refractivity contribution is 9.10. The van der Waals surface area contributed by atoms with Crippen molar-refractivity contribution in [2.75, 3.05) is 12.8 Å². The molecule has 20 heavy (non-hydrogen) atoms. The van der Waals surface area contributed by atoms with Gasteiger partial charge in [-0.25, -0.2) is 4.98 Å². The van der Waals surface area contributed by atoms with Gasteiger partial charge in [-0.3, -0.25) is 4.57 Å². The summed E-state index contributed by atoms with van der Waals surface area (Å²) in [7, 11) is 1.64. The molecule has 0 aliphatic carbocycles. The molecule has 3 aromatic rings. The zero-order valence-electron chi connectivity index (χ0n) is 11.2. The molecule has 2 N–H and O–H groups in total. The van der Waals surface area contributed by atoms with Crippen LogP contribution in [0.15, 0.2) is 40.9 Å². The number of hydrogen-bond acceptors (Lipinski definition) is 3. The molecule has 1 heterocycles. The van der Waals surface area contributed by atoms with Crippen molar-refractivity contribution >= 4 is 32.9 Å². The van der Waals surface area contributed by atoms with Gasteiger partial charge in [0.1, 0.15) is 5.75 Å². The number of imidazole rings is 1. The van der Waals surface area contributed by atoms with Gasteiger partial charge in [0.05, 0.1) is 23.8 Å². The molecule has 0 saturated heterocycles. The maximum atomic E-state index is 6.06. The van der Waals surface area contributed by atoms with Gasteiger partial charge in [-0.15, -0.1) is 0 Å². The molecule has 0 unspecified atom stereocenters. The Kier molecular flexibility index (Phi) is 3.14. The van der Waals surface area contributed by atoms with Crippen molar-refractivity contribution in [3.63, 3.8) is 0 Å². The molecule has 4 nitrogen and oxygen atoms in total. The van der Waals surface area contributed by atoms with Crippen LogP contribution in [0, 0.1) is 6.92 Å². The zero-order valence-corrected chi connectivity index (χ0v) is 12.8. The number of nitrogens with two attached hydrogens (primary N) is 1. The number of aryl methyl sites for hydroxylation is 1. The maximum absolute atomic E-state index is 6.06. The van der Waals surface area contributed by atoms with E-state index < -0.39 is 0 Å². The Bertz CT molecular complexity index is 795. The van der Waals surface area contributed by atoms with Gasteiger partial charge in [0, 0.05) is 10.5 Å². The highest BCUT2D eigenvalue weighted by Crippen LogP contribution is 2.28. The van der Waals surface area contributed by atoms with Crippen molar-refractivity contribution in [1.82, 2.24) is 9.55 Å². The quantitative estimate of drug-likeness (QED) is 0.779. The number of methoxy groups -OCH3 is 1. The van der Waals surface area contributed by atoms with E-state index in [1.807, 2.05) is 47.9 Å². The van der Waals surface area contributed by atoms with E-state index in [1.54, 1.807) is 7.11 Å². The summed E-state index contributed by atoms with van der Waals surface area (Å²) < 4.78 is 8.19. The fourth-order valence-corrected chi connectivity index (χ4v) is 2.56. The van der Waals surface area contributed by atoms with Crippen LogP contribution in [-0.4, -0.2) is 16.7 Å². The molecule has 3 rings (SSSR count). The molecule has 0 bridgehead atoms.